The van der Waals surface area contributed by atoms with Crippen molar-refractivity contribution in [1.29, 1.82) is 0 Å². The molecule has 0 aliphatic carbocycles. The molecule has 5 aromatic rings. The number of rotatable bonds is 3. The molecule has 0 bridgehead atoms. The van der Waals surface area contributed by atoms with Gasteiger partial charge in [0.05, 0.1) is 5.69 Å². The van der Waals surface area contributed by atoms with E-state index in [0.29, 0.717) is 5.92 Å². The summed E-state index contributed by atoms with van der Waals surface area (Å²) in [6.07, 6.45) is 2.00. The summed E-state index contributed by atoms with van der Waals surface area (Å²) >= 11 is 1.85. The predicted molar refractivity (Wildman–Crippen MR) is 127 cm³/mol. The lowest BCUT2D eigenvalue weighted by atomic mass is 9.96. The van der Waals surface area contributed by atoms with Crippen LogP contribution >= 0.6 is 11.3 Å². The van der Waals surface area contributed by atoms with E-state index in [9.17, 15) is 0 Å². The van der Waals surface area contributed by atoms with Crippen molar-refractivity contribution in [3.05, 3.63) is 90.1 Å². The second-order valence-corrected chi connectivity index (χ2v) is 9.05. The summed E-state index contributed by atoms with van der Waals surface area (Å²) in [5.41, 5.74) is 7.27. The van der Waals surface area contributed by atoms with Gasteiger partial charge in [-0.3, -0.25) is 4.98 Å². The average molecular weight is 394 g/mol. The van der Waals surface area contributed by atoms with Crippen molar-refractivity contribution < 1.29 is 0 Å². The third-order valence-electron chi connectivity index (χ3n) is 5.67. The number of aryl methyl sites for hydroxylation is 1. The Kier molecular flexibility index (Phi) is 4.44. The molecule has 0 N–H and O–H groups in total. The first kappa shape index (κ1) is 18.1. The minimum absolute atomic E-state index is 0.547. The van der Waals surface area contributed by atoms with Crippen LogP contribution in [0.15, 0.2) is 79.0 Å². The molecule has 0 amide bonds. The van der Waals surface area contributed by atoms with Crippen LogP contribution in [0.1, 0.15) is 30.9 Å². The molecule has 0 spiro atoms. The molecule has 1 nitrogen and oxygen atoms in total. The lowest BCUT2D eigenvalue weighted by molar-refractivity contribution is 0.867. The average Bonchev–Trinajstić information content (AvgIpc) is 3.12. The van der Waals surface area contributed by atoms with Crippen molar-refractivity contribution in [2.45, 2.75) is 26.7 Å². The second-order valence-electron chi connectivity index (χ2n) is 7.97. The highest BCUT2D eigenvalue weighted by molar-refractivity contribution is 7.25. The third-order valence-corrected chi connectivity index (χ3v) is 6.80. The van der Waals surface area contributed by atoms with Gasteiger partial charge in [0.2, 0.25) is 0 Å². The normalized spacial score (nSPS) is 11.6. The molecule has 0 aliphatic heterocycles. The Morgan fingerprint density at radius 2 is 1.48 bits per heavy atom. The van der Waals surface area contributed by atoms with Crippen LogP contribution in [0.4, 0.5) is 0 Å². The topological polar surface area (TPSA) is 12.9 Å². The van der Waals surface area contributed by atoms with Crippen LogP contribution < -0.4 is 0 Å². The van der Waals surface area contributed by atoms with Crippen LogP contribution in [0.3, 0.4) is 0 Å². The van der Waals surface area contributed by atoms with E-state index in [1.54, 1.807) is 0 Å². The molecule has 0 radical (unpaired) electrons. The number of thiophene rings is 1. The van der Waals surface area contributed by atoms with Crippen molar-refractivity contribution in [2.24, 2.45) is 0 Å². The minimum atomic E-state index is 0.547. The molecular formula is C27H23NS. The molecule has 29 heavy (non-hydrogen) atoms. The van der Waals surface area contributed by atoms with Gasteiger partial charge in [-0.1, -0.05) is 68.4 Å². The van der Waals surface area contributed by atoms with Crippen LogP contribution in [0.2, 0.25) is 0 Å². The fourth-order valence-electron chi connectivity index (χ4n) is 3.93. The highest BCUT2D eigenvalue weighted by atomic mass is 32.1. The molecule has 0 atom stereocenters. The maximum atomic E-state index is 4.75. The molecule has 3 aromatic carbocycles. The number of aromatic nitrogens is 1. The van der Waals surface area contributed by atoms with E-state index in [0.717, 1.165) is 5.69 Å². The molecule has 2 aromatic heterocycles. The fraction of sp³-hybridized carbons (Fsp3) is 0.148. The Bertz CT molecular complexity index is 1330. The van der Waals surface area contributed by atoms with Gasteiger partial charge < -0.3 is 0 Å². The molecular weight excluding hydrogens is 370 g/mol. The molecule has 2 heterocycles. The number of hydrogen-bond acceptors (Lipinski definition) is 2. The van der Waals surface area contributed by atoms with Gasteiger partial charge in [0.15, 0.2) is 0 Å². The highest BCUT2D eigenvalue weighted by Crippen LogP contribution is 2.36. The van der Waals surface area contributed by atoms with Gasteiger partial charge in [0, 0.05) is 31.9 Å². The number of hydrogen-bond donors (Lipinski definition) is 0. The molecule has 0 saturated heterocycles. The summed E-state index contributed by atoms with van der Waals surface area (Å²) in [6.45, 7) is 6.60. The maximum absolute atomic E-state index is 4.75. The Labute approximate surface area is 175 Å². The molecule has 5 rings (SSSR count). The van der Waals surface area contributed by atoms with E-state index in [-0.39, 0.29) is 0 Å². The quantitative estimate of drug-likeness (QED) is 0.301. The zero-order chi connectivity index (χ0) is 20.0. The lowest BCUT2D eigenvalue weighted by Crippen LogP contribution is -1.91. The third kappa shape index (κ3) is 3.24. The minimum Gasteiger partial charge on any atom is -0.256 e. The summed E-state index contributed by atoms with van der Waals surface area (Å²) in [5.74, 6) is 0.547. The maximum Gasteiger partial charge on any atom is 0.0708 e. The van der Waals surface area contributed by atoms with Crippen LogP contribution in [-0.2, 0) is 0 Å². The van der Waals surface area contributed by atoms with Gasteiger partial charge in [0.25, 0.3) is 0 Å². The molecule has 2 heteroatoms. The second kappa shape index (κ2) is 7.13. The van der Waals surface area contributed by atoms with Gasteiger partial charge in [-0.25, -0.2) is 0 Å². The molecule has 0 unspecified atom stereocenters. The zero-order valence-corrected chi connectivity index (χ0v) is 17.8. The van der Waals surface area contributed by atoms with Crippen molar-refractivity contribution in [3.8, 4) is 22.4 Å². The molecule has 0 fully saturated rings. The van der Waals surface area contributed by atoms with Crippen LogP contribution in [0.25, 0.3) is 42.6 Å². The monoisotopic (exact) mass is 393 g/mol. The van der Waals surface area contributed by atoms with E-state index in [2.05, 4.69) is 93.6 Å². The SMILES string of the molecule is Cc1cnc(-c2ccc3c(c2)sc2ccccc23)cc1-c1ccc(C(C)C)cc1. The number of nitrogens with zero attached hydrogens (tertiary/aromatic N) is 1. The largest absolute Gasteiger partial charge is 0.256 e. The summed E-state index contributed by atoms with van der Waals surface area (Å²) in [6, 6.07) is 26.5. The number of benzene rings is 3. The van der Waals surface area contributed by atoms with Gasteiger partial charge in [-0.05, 0) is 53.3 Å². The molecule has 0 aliphatic rings. The van der Waals surface area contributed by atoms with Crippen molar-refractivity contribution in [1.82, 2.24) is 4.98 Å². The first-order valence-corrected chi connectivity index (χ1v) is 10.9. The van der Waals surface area contributed by atoms with E-state index in [1.807, 2.05) is 17.5 Å². The van der Waals surface area contributed by atoms with E-state index in [1.165, 1.54) is 48.0 Å². The first-order chi connectivity index (χ1) is 14.1. The smallest absolute Gasteiger partial charge is 0.0708 e. The van der Waals surface area contributed by atoms with Crippen LogP contribution in [-0.4, -0.2) is 4.98 Å². The van der Waals surface area contributed by atoms with E-state index >= 15 is 0 Å². The Balaban J connectivity index is 1.59. The van der Waals surface area contributed by atoms with Crippen molar-refractivity contribution in [2.75, 3.05) is 0 Å². The fourth-order valence-corrected chi connectivity index (χ4v) is 5.07. The summed E-state index contributed by atoms with van der Waals surface area (Å²) < 4.78 is 2.65. The standard InChI is InChI=1S/C27H23NS/c1-17(2)19-8-10-20(11-9-19)24-15-25(28-16-18(24)3)21-12-13-23-22-6-4-5-7-26(22)29-27(23)14-21/h4-17H,1-3H3. The Morgan fingerprint density at radius 1 is 0.759 bits per heavy atom. The van der Waals surface area contributed by atoms with E-state index in [4.69, 9.17) is 4.98 Å². The van der Waals surface area contributed by atoms with Gasteiger partial charge >= 0.3 is 0 Å². The number of pyridine rings is 1. The predicted octanol–water partition coefficient (Wildman–Crippen LogP) is 8.22. The van der Waals surface area contributed by atoms with Crippen molar-refractivity contribution in [3.63, 3.8) is 0 Å². The van der Waals surface area contributed by atoms with Gasteiger partial charge in [-0.2, -0.15) is 0 Å². The molecule has 0 saturated carbocycles. The Morgan fingerprint density at radius 3 is 2.28 bits per heavy atom. The molecule has 142 valence electrons. The lowest BCUT2D eigenvalue weighted by Gasteiger charge is -2.11. The van der Waals surface area contributed by atoms with Crippen molar-refractivity contribution >= 4 is 31.5 Å². The van der Waals surface area contributed by atoms with Crippen LogP contribution in [0, 0.1) is 6.92 Å². The summed E-state index contributed by atoms with van der Waals surface area (Å²) in [7, 11) is 0. The first-order valence-electron chi connectivity index (χ1n) is 10.1. The van der Waals surface area contributed by atoms with E-state index < -0.39 is 0 Å². The highest BCUT2D eigenvalue weighted by Gasteiger charge is 2.10. The summed E-state index contributed by atoms with van der Waals surface area (Å²) in [4.78, 5) is 4.75. The van der Waals surface area contributed by atoms with Gasteiger partial charge in [-0.15, -0.1) is 11.3 Å². The zero-order valence-electron chi connectivity index (χ0n) is 16.9. The van der Waals surface area contributed by atoms with Gasteiger partial charge in [0.1, 0.15) is 0 Å². The number of fused-ring (bicyclic) bond motifs is 3. The van der Waals surface area contributed by atoms with Crippen LogP contribution in [0.5, 0.6) is 0 Å². The summed E-state index contributed by atoms with van der Waals surface area (Å²) in [5, 5.41) is 2.66. The Hall–Kier alpha value is -2.97.